The number of unbranched alkanes of at least 4 members (excludes halogenated alkanes) is 17. The molecule has 0 fully saturated rings. The summed E-state index contributed by atoms with van der Waals surface area (Å²) in [5, 5.41) is 0. The van der Waals surface area contributed by atoms with Crippen LogP contribution in [-0.2, 0) is 66.4 Å². The van der Waals surface area contributed by atoms with E-state index >= 15 is 0 Å². The number of rotatable bonds is 59. The molecule has 0 saturated heterocycles. The lowest BCUT2D eigenvalue weighted by molar-refractivity contribution is -0.337. The molecule has 0 spiro atoms. The van der Waals surface area contributed by atoms with Gasteiger partial charge in [0.25, 0.3) is 0 Å². The minimum Gasteiger partial charge on any atom is -0.460 e. The summed E-state index contributed by atoms with van der Waals surface area (Å²) >= 11 is 0. The van der Waals surface area contributed by atoms with Crippen molar-refractivity contribution in [3.8, 4) is 0 Å². The number of hydrogen-bond acceptors (Lipinski definition) is 14. The Morgan fingerprint density at radius 1 is 0.270 bits per heavy atom. The van der Waals surface area contributed by atoms with E-state index in [0.717, 1.165) is 154 Å². The fraction of sp³-hybridized carbons (Fsp3) is 0.967. The lowest BCUT2D eigenvalue weighted by Gasteiger charge is -2.42. The van der Waals surface area contributed by atoms with E-state index in [2.05, 4.69) is 55.4 Å². The average molecular weight is 1060 g/mol. The lowest BCUT2D eigenvalue weighted by atomic mass is 10.0. The highest BCUT2D eigenvalue weighted by atomic mass is 16.8. The molecule has 0 heterocycles. The molecular weight excluding hydrogens is 945 g/mol. The van der Waals surface area contributed by atoms with E-state index in [0.29, 0.717) is 78.9 Å². The van der Waals surface area contributed by atoms with Gasteiger partial charge in [-0.2, -0.15) is 0 Å². The van der Waals surface area contributed by atoms with Crippen LogP contribution in [-0.4, -0.2) is 128 Å². The van der Waals surface area contributed by atoms with E-state index in [-0.39, 0.29) is 52.1 Å². The molecule has 0 aliphatic heterocycles. The van der Waals surface area contributed by atoms with Crippen molar-refractivity contribution in [2.45, 2.75) is 285 Å². The summed E-state index contributed by atoms with van der Waals surface area (Å²) in [7, 11) is 0. The van der Waals surface area contributed by atoms with Crippen molar-refractivity contribution < 1.29 is 66.4 Å². The maximum atomic E-state index is 13.7. The predicted molar refractivity (Wildman–Crippen MR) is 297 cm³/mol. The van der Waals surface area contributed by atoms with Crippen LogP contribution in [0.4, 0.5) is 0 Å². The molecule has 0 amide bonds. The molecule has 0 unspecified atom stereocenters. The molecule has 0 aliphatic rings. The minimum atomic E-state index is -1.33. The predicted octanol–water partition coefficient (Wildman–Crippen LogP) is 14.9. The first-order valence-corrected chi connectivity index (χ1v) is 30.6. The van der Waals surface area contributed by atoms with Crippen molar-refractivity contribution in [1.82, 2.24) is 0 Å². The maximum Gasteiger partial charge on any atom is 0.305 e. The summed E-state index contributed by atoms with van der Waals surface area (Å²) in [5.41, 5.74) is 0. The van der Waals surface area contributed by atoms with Gasteiger partial charge in [-0.25, -0.2) is 0 Å². The molecule has 74 heavy (non-hydrogen) atoms. The number of ether oxygens (including phenoxy) is 12. The molecular formula is C60H118O14. The zero-order chi connectivity index (χ0) is 54.8. The van der Waals surface area contributed by atoms with Gasteiger partial charge >= 0.3 is 11.9 Å². The Kier molecular flexibility index (Phi) is 48.8. The Hall–Kier alpha value is -1.46. The molecule has 14 nitrogen and oxygen atoms in total. The van der Waals surface area contributed by atoms with Crippen molar-refractivity contribution in [3.63, 3.8) is 0 Å². The van der Waals surface area contributed by atoms with Crippen LogP contribution >= 0.6 is 0 Å². The lowest BCUT2D eigenvalue weighted by Crippen LogP contribution is -2.54. The zero-order valence-electron chi connectivity index (χ0n) is 49.8. The molecule has 0 aromatic rings. The first kappa shape index (κ1) is 72.5. The fourth-order valence-electron chi connectivity index (χ4n) is 8.39. The number of carbonyl (C=O) groups excluding carboxylic acids is 2. The second-order valence-electron chi connectivity index (χ2n) is 20.2. The zero-order valence-corrected chi connectivity index (χ0v) is 49.8. The van der Waals surface area contributed by atoms with Crippen LogP contribution in [0.1, 0.15) is 262 Å². The summed E-state index contributed by atoms with van der Waals surface area (Å²) in [5.74, 6) is -5.82. The van der Waals surface area contributed by atoms with Crippen LogP contribution in [0.3, 0.4) is 0 Å². The summed E-state index contributed by atoms with van der Waals surface area (Å²) in [4.78, 5) is 27.4. The van der Waals surface area contributed by atoms with Crippen LogP contribution in [0, 0.1) is 0 Å². The van der Waals surface area contributed by atoms with Gasteiger partial charge in [0.2, 0.25) is 11.6 Å². The minimum absolute atomic E-state index is 0.107. The molecule has 0 atom stereocenters. The second kappa shape index (κ2) is 49.8. The van der Waals surface area contributed by atoms with Crippen molar-refractivity contribution in [1.29, 1.82) is 0 Å². The third kappa shape index (κ3) is 37.4. The summed E-state index contributed by atoms with van der Waals surface area (Å²) in [6, 6.07) is 0. The van der Waals surface area contributed by atoms with E-state index in [9.17, 15) is 9.59 Å². The molecule has 0 aromatic heterocycles. The van der Waals surface area contributed by atoms with Crippen molar-refractivity contribution >= 4 is 11.9 Å². The molecule has 0 aromatic carbocycles. The van der Waals surface area contributed by atoms with Crippen molar-refractivity contribution in [3.05, 3.63) is 0 Å². The number of hydrogen-bond donors (Lipinski definition) is 0. The monoisotopic (exact) mass is 1060 g/mol. The van der Waals surface area contributed by atoms with Crippen LogP contribution in [0.2, 0.25) is 0 Å². The highest BCUT2D eigenvalue weighted by molar-refractivity contribution is 5.70. The van der Waals surface area contributed by atoms with Gasteiger partial charge in [0.05, 0.1) is 65.7 Å². The molecule has 0 saturated carbocycles. The normalized spacial score (nSPS) is 12.5. The number of carbonyl (C=O) groups is 2. The van der Waals surface area contributed by atoms with Crippen LogP contribution in [0.15, 0.2) is 0 Å². The Morgan fingerprint density at radius 3 is 0.662 bits per heavy atom. The van der Waals surface area contributed by atoms with E-state index in [1.807, 2.05) is 13.8 Å². The quantitative estimate of drug-likeness (QED) is 0.0323. The van der Waals surface area contributed by atoms with Crippen molar-refractivity contribution in [2.75, 3.05) is 92.5 Å². The molecule has 0 N–H and O–H groups in total. The highest BCUT2D eigenvalue weighted by Crippen LogP contribution is 2.35. The van der Waals surface area contributed by atoms with Crippen LogP contribution in [0.5, 0.6) is 0 Å². The van der Waals surface area contributed by atoms with Gasteiger partial charge in [0, 0.05) is 26.1 Å². The third-order valence-corrected chi connectivity index (χ3v) is 13.0. The Balaban J connectivity index is 6.53. The maximum absolute atomic E-state index is 13.7. The molecule has 0 bridgehead atoms. The molecule has 442 valence electrons. The average Bonchev–Trinajstić information content (AvgIpc) is 3.40. The van der Waals surface area contributed by atoms with Gasteiger partial charge in [0.15, 0.2) is 11.6 Å². The molecule has 0 aliphatic carbocycles. The summed E-state index contributed by atoms with van der Waals surface area (Å²) < 4.78 is 78.0. The third-order valence-electron chi connectivity index (χ3n) is 13.0. The second-order valence-corrected chi connectivity index (χ2v) is 20.2. The van der Waals surface area contributed by atoms with Gasteiger partial charge in [-0.15, -0.1) is 0 Å². The van der Waals surface area contributed by atoms with E-state index in [1.165, 1.54) is 0 Å². The van der Waals surface area contributed by atoms with E-state index in [1.54, 1.807) is 0 Å². The number of esters is 2. The Morgan fingerprint density at radius 2 is 0.473 bits per heavy atom. The van der Waals surface area contributed by atoms with Gasteiger partial charge < -0.3 is 56.8 Å². The standard InChI is InChI=1S/C60H118O14/c1-11-21-31-41-67-57(51-63-19-9,68-42-32-22-12-2)49-59(71-45-35-25-15-5,72-46-36-26-16-6)53-65-55(61)39-29-30-40-56(62)66-54-60(73-47-37-27-17-7,74-48-38-28-18-8)50-58(52-64-20-10,69-43-33-23-13-3)70-44-34-24-14-4/h11-54H2,1-10H3. The Labute approximate surface area is 454 Å². The van der Waals surface area contributed by atoms with E-state index < -0.39 is 35.1 Å². The largest absolute Gasteiger partial charge is 0.460 e. The van der Waals surface area contributed by atoms with Gasteiger partial charge in [-0.05, 0) is 78.1 Å². The fourth-order valence-corrected chi connectivity index (χ4v) is 8.39. The first-order chi connectivity index (χ1) is 36.0. The molecule has 0 radical (unpaired) electrons. The van der Waals surface area contributed by atoms with Gasteiger partial charge in [-0.1, -0.05) is 158 Å². The highest BCUT2D eigenvalue weighted by Gasteiger charge is 2.48. The van der Waals surface area contributed by atoms with Crippen LogP contribution < -0.4 is 0 Å². The topological polar surface area (TPSA) is 145 Å². The van der Waals surface area contributed by atoms with Crippen LogP contribution in [0.25, 0.3) is 0 Å². The Bertz CT molecular complexity index is 1100. The van der Waals surface area contributed by atoms with Crippen molar-refractivity contribution in [2.24, 2.45) is 0 Å². The van der Waals surface area contributed by atoms with E-state index in [4.69, 9.17) is 56.8 Å². The van der Waals surface area contributed by atoms with Gasteiger partial charge in [-0.3, -0.25) is 9.59 Å². The summed E-state index contributed by atoms with van der Waals surface area (Å²) in [6.07, 6.45) is 24.7. The first-order valence-electron chi connectivity index (χ1n) is 30.6. The molecule has 14 heteroatoms. The van der Waals surface area contributed by atoms with Gasteiger partial charge in [0.1, 0.15) is 26.4 Å². The summed E-state index contributed by atoms with van der Waals surface area (Å²) in [6.45, 7) is 26.0. The SMILES string of the molecule is CCCCCOC(COCC)(CC(COC(=O)CCCCC(=O)OCC(CC(COCC)(OCCCCC)OCCCCC)(OCCCCC)OCCCCC)(OCCCCC)OCCCCC)OCCCCC. The smallest absolute Gasteiger partial charge is 0.305 e. The molecule has 0 rings (SSSR count).